The van der Waals surface area contributed by atoms with Gasteiger partial charge < -0.3 is 15.2 Å². The van der Waals surface area contributed by atoms with E-state index in [0.717, 1.165) is 12.8 Å². The van der Waals surface area contributed by atoms with E-state index in [1.807, 2.05) is 0 Å². The molecule has 1 saturated carbocycles. The predicted molar refractivity (Wildman–Crippen MR) is 135 cm³/mol. The number of carbonyl (C=O) groups is 1. The fourth-order valence-electron chi connectivity index (χ4n) is 5.20. The molecule has 1 amide bonds. The zero-order valence-electron chi connectivity index (χ0n) is 19.3. The number of nitriles is 1. The molecule has 11 heteroatoms. The standard InChI is InChI=1S/C24H29Cl2N5O3S/c25-20-12-19(13-21(26)23(20)28)35(33,34)29-22(8-11-30-9-3-6-18(30)14-27)24(32)31-10-7-16-4-1-2-5-17(16)15-31/h3,6,9,12-13,16-17,22,29H,1-2,4-5,7-8,10-11,15,28H2/t16-,17-,22?/m1/s1. The van der Waals surface area contributed by atoms with Crippen molar-refractivity contribution >= 4 is 44.8 Å². The van der Waals surface area contributed by atoms with Crippen LogP contribution >= 0.6 is 23.2 Å². The van der Waals surface area contributed by atoms with Gasteiger partial charge in [-0.05, 0) is 55.4 Å². The number of likely N-dealkylation sites (tertiary alicyclic amines) is 1. The van der Waals surface area contributed by atoms with Crippen molar-refractivity contribution in [1.82, 2.24) is 14.2 Å². The second-order valence-corrected chi connectivity index (χ2v) is 11.9. The second kappa shape index (κ2) is 10.8. The summed E-state index contributed by atoms with van der Waals surface area (Å²) in [6.07, 6.45) is 7.57. The Morgan fingerprint density at radius 3 is 2.57 bits per heavy atom. The number of aryl methyl sites for hydroxylation is 1. The SMILES string of the molecule is N#Cc1cccn1CCC(NS(=O)(=O)c1cc(Cl)c(N)c(Cl)c1)C(=O)N1CC[C@H]2CCCC[C@@H]2C1. The highest BCUT2D eigenvalue weighted by Gasteiger charge is 2.36. The van der Waals surface area contributed by atoms with Crippen LogP contribution in [-0.2, 0) is 21.4 Å². The largest absolute Gasteiger partial charge is 0.396 e. The summed E-state index contributed by atoms with van der Waals surface area (Å²) < 4.78 is 30.8. The van der Waals surface area contributed by atoms with Gasteiger partial charge in [-0.1, -0.05) is 42.5 Å². The van der Waals surface area contributed by atoms with Crippen LogP contribution < -0.4 is 10.5 Å². The van der Waals surface area contributed by atoms with E-state index in [9.17, 15) is 18.5 Å². The minimum atomic E-state index is -4.13. The maximum Gasteiger partial charge on any atom is 0.241 e. The van der Waals surface area contributed by atoms with Crippen molar-refractivity contribution in [1.29, 1.82) is 5.26 Å². The van der Waals surface area contributed by atoms with Crippen LogP contribution in [0.25, 0.3) is 0 Å². The third kappa shape index (κ3) is 5.78. The lowest BCUT2D eigenvalue weighted by Crippen LogP contribution is -2.53. The van der Waals surface area contributed by atoms with Crippen LogP contribution in [0.15, 0.2) is 35.4 Å². The molecule has 2 fully saturated rings. The van der Waals surface area contributed by atoms with Gasteiger partial charge in [0.15, 0.2) is 0 Å². The van der Waals surface area contributed by atoms with Gasteiger partial charge in [0.05, 0.1) is 20.6 Å². The number of nitrogen functional groups attached to an aromatic ring is 1. The number of rotatable bonds is 7. The van der Waals surface area contributed by atoms with Crippen LogP contribution in [-0.4, -0.2) is 42.9 Å². The second-order valence-electron chi connectivity index (χ2n) is 9.34. The highest BCUT2D eigenvalue weighted by Crippen LogP contribution is 2.36. The summed E-state index contributed by atoms with van der Waals surface area (Å²) in [7, 11) is -4.13. The smallest absolute Gasteiger partial charge is 0.241 e. The van der Waals surface area contributed by atoms with Gasteiger partial charge in [-0.2, -0.15) is 9.98 Å². The molecule has 1 unspecified atom stereocenters. The molecule has 2 aromatic rings. The van der Waals surface area contributed by atoms with Gasteiger partial charge in [0.25, 0.3) is 0 Å². The molecule has 35 heavy (non-hydrogen) atoms. The summed E-state index contributed by atoms with van der Waals surface area (Å²) >= 11 is 12.1. The predicted octanol–water partition coefficient (Wildman–Crippen LogP) is 4.02. The van der Waals surface area contributed by atoms with Gasteiger partial charge in [0, 0.05) is 25.8 Å². The number of sulfonamides is 1. The van der Waals surface area contributed by atoms with E-state index in [1.54, 1.807) is 27.8 Å². The van der Waals surface area contributed by atoms with Gasteiger partial charge in [0.2, 0.25) is 15.9 Å². The summed E-state index contributed by atoms with van der Waals surface area (Å²) in [6, 6.07) is 6.95. The molecule has 3 N–H and O–H groups in total. The lowest BCUT2D eigenvalue weighted by molar-refractivity contribution is -0.136. The van der Waals surface area contributed by atoms with Gasteiger partial charge in [-0.15, -0.1) is 0 Å². The van der Waals surface area contributed by atoms with E-state index in [0.29, 0.717) is 37.2 Å². The fraction of sp³-hybridized carbons (Fsp3) is 0.500. The first-order valence-corrected chi connectivity index (χ1v) is 14.0. The summed E-state index contributed by atoms with van der Waals surface area (Å²) in [5, 5.41) is 9.35. The van der Waals surface area contributed by atoms with Crippen molar-refractivity contribution in [2.24, 2.45) is 11.8 Å². The van der Waals surface area contributed by atoms with E-state index < -0.39 is 16.1 Å². The molecule has 0 bridgehead atoms. The van der Waals surface area contributed by atoms with Crippen molar-refractivity contribution in [3.63, 3.8) is 0 Å². The van der Waals surface area contributed by atoms with Crippen LogP contribution in [0.4, 0.5) is 5.69 Å². The number of anilines is 1. The number of amides is 1. The Balaban J connectivity index is 1.57. The maximum atomic E-state index is 13.6. The minimum Gasteiger partial charge on any atom is -0.396 e. The average Bonchev–Trinajstić information content (AvgIpc) is 3.31. The Hall–Kier alpha value is -2.25. The Bertz CT molecular complexity index is 1220. The molecule has 8 nitrogen and oxygen atoms in total. The summed E-state index contributed by atoms with van der Waals surface area (Å²) in [6.45, 7) is 1.57. The molecule has 1 saturated heterocycles. The normalized spacial score (nSPS) is 21.2. The molecule has 188 valence electrons. The first-order chi connectivity index (χ1) is 16.7. The van der Waals surface area contributed by atoms with Gasteiger partial charge in [0.1, 0.15) is 17.8 Å². The van der Waals surface area contributed by atoms with Crippen LogP contribution in [0.3, 0.4) is 0 Å². The van der Waals surface area contributed by atoms with Crippen molar-refractivity contribution in [3.05, 3.63) is 46.2 Å². The number of halogens is 2. The first kappa shape index (κ1) is 25.8. The Morgan fingerprint density at radius 1 is 1.20 bits per heavy atom. The minimum absolute atomic E-state index is 0.0196. The number of nitrogens with two attached hydrogens (primary N) is 1. The lowest BCUT2D eigenvalue weighted by Gasteiger charge is -2.42. The average molecular weight is 539 g/mol. The quantitative estimate of drug-likeness (QED) is 0.516. The molecule has 4 rings (SSSR count). The van der Waals surface area contributed by atoms with E-state index in [1.165, 1.54) is 31.4 Å². The van der Waals surface area contributed by atoms with Crippen molar-refractivity contribution in [2.75, 3.05) is 18.8 Å². The number of nitrogens with zero attached hydrogens (tertiary/aromatic N) is 3. The molecule has 1 aliphatic heterocycles. The van der Waals surface area contributed by atoms with Gasteiger partial charge >= 0.3 is 0 Å². The van der Waals surface area contributed by atoms with E-state index in [4.69, 9.17) is 28.9 Å². The van der Waals surface area contributed by atoms with Crippen LogP contribution in [0.5, 0.6) is 0 Å². The van der Waals surface area contributed by atoms with Crippen LogP contribution in [0.2, 0.25) is 10.0 Å². The van der Waals surface area contributed by atoms with Crippen molar-refractivity contribution in [2.45, 2.75) is 56.0 Å². The monoisotopic (exact) mass is 537 g/mol. The maximum absolute atomic E-state index is 13.6. The molecular weight excluding hydrogens is 509 g/mol. The topological polar surface area (TPSA) is 121 Å². The van der Waals surface area contributed by atoms with E-state index in [2.05, 4.69) is 10.8 Å². The summed E-state index contributed by atoms with van der Waals surface area (Å²) in [4.78, 5) is 15.3. The molecule has 2 heterocycles. The first-order valence-electron chi connectivity index (χ1n) is 11.8. The summed E-state index contributed by atoms with van der Waals surface area (Å²) in [5.41, 5.74) is 6.29. The Kier molecular flexibility index (Phi) is 7.96. The van der Waals surface area contributed by atoms with E-state index >= 15 is 0 Å². The third-order valence-electron chi connectivity index (χ3n) is 7.16. The number of hydrogen-bond donors (Lipinski definition) is 2. The van der Waals surface area contributed by atoms with Gasteiger partial charge in [-0.25, -0.2) is 8.42 Å². The molecule has 1 aromatic carbocycles. The third-order valence-corrected chi connectivity index (χ3v) is 9.24. The number of hydrogen-bond acceptors (Lipinski definition) is 5. The number of piperidine rings is 1. The molecule has 0 spiro atoms. The molecule has 2 aliphatic rings. The summed E-state index contributed by atoms with van der Waals surface area (Å²) in [5.74, 6) is 0.846. The molecule has 0 radical (unpaired) electrons. The van der Waals surface area contributed by atoms with E-state index in [-0.39, 0.29) is 33.0 Å². The highest BCUT2D eigenvalue weighted by atomic mass is 35.5. The number of aromatic nitrogens is 1. The molecule has 1 aromatic heterocycles. The number of benzene rings is 1. The van der Waals surface area contributed by atoms with Crippen LogP contribution in [0, 0.1) is 23.2 Å². The molecule has 3 atom stereocenters. The number of fused-ring (bicyclic) bond motifs is 1. The number of nitrogens with one attached hydrogen (secondary N) is 1. The zero-order valence-corrected chi connectivity index (χ0v) is 21.6. The van der Waals surface area contributed by atoms with Gasteiger partial charge in [-0.3, -0.25) is 4.79 Å². The molecule has 1 aliphatic carbocycles. The van der Waals surface area contributed by atoms with Crippen LogP contribution in [0.1, 0.15) is 44.2 Å². The highest BCUT2D eigenvalue weighted by molar-refractivity contribution is 7.89. The zero-order chi connectivity index (χ0) is 25.2. The Labute approximate surface area is 216 Å². The Morgan fingerprint density at radius 2 is 1.89 bits per heavy atom. The van der Waals surface area contributed by atoms with Crippen molar-refractivity contribution < 1.29 is 13.2 Å². The fourth-order valence-corrected chi connectivity index (χ4v) is 7.10. The lowest BCUT2D eigenvalue weighted by atomic mass is 9.75. The number of carbonyl (C=O) groups excluding carboxylic acids is 1. The van der Waals surface area contributed by atoms with Crippen molar-refractivity contribution in [3.8, 4) is 6.07 Å². The molecular formula is C24H29Cl2N5O3S.